The van der Waals surface area contributed by atoms with Crippen LogP contribution in [0.25, 0.3) is 11.1 Å². The maximum absolute atomic E-state index is 13.1. The lowest BCUT2D eigenvalue weighted by Crippen LogP contribution is -2.44. The summed E-state index contributed by atoms with van der Waals surface area (Å²) in [6, 6.07) is 14.6. The van der Waals surface area contributed by atoms with Crippen LogP contribution in [0.3, 0.4) is 0 Å². The Labute approximate surface area is 200 Å². The highest BCUT2D eigenvalue weighted by Crippen LogP contribution is 2.28. The molecule has 34 heavy (non-hydrogen) atoms. The van der Waals surface area contributed by atoms with E-state index in [1.807, 2.05) is 29.4 Å². The number of hydrogen-bond acceptors (Lipinski definition) is 6. The van der Waals surface area contributed by atoms with Crippen molar-refractivity contribution in [2.24, 2.45) is 0 Å². The third kappa shape index (κ3) is 5.43. The zero-order valence-electron chi connectivity index (χ0n) is 19.3. The van der Waals surface area contributed by atoms with E-state index in [9.17, 15) is 4.79 Å². The number of ether oxygens (including phenoxy) is 2. The van der Waals surface area contributed by atoms with Crippen molar-refractivity contribution < 1.29 is 14.3 Å². The average molecular weight is 459 g/mol. The second kappa shape index (κ2) is 10.8. The van der Waals surface area contributed by atoms with E-state index in [-0.39, 0.29) is 11.9 Å². The summed E-state index contributed by atoms with van der Waals surface area (Å²) < 4.78 is 11.9. The van der Waals surface area contributed by atoms with Crippen LogP contribution in [-0.2, 0) is 22.5 Å². The lowest BCUT2D eigenvalue weighted by atomic mass is 9.98. The molecule has 2 aromatic carbocycles. The third-order valence-corrected chi connectivity index (χ3v) is 6.37. The van der Waals surface area contributed by atoms with Crippen molar-refractivity contribution in [2.45, 2.75) is 31.8 Å². The molecule has 3 aromatic rings. The number of amides is 1. The van der Waals surface area contributed by atoms with Gasteiger partial charge in [0.25, 0.3) is 0 Å². The van der Waals surface area contributed by atoms with Gasteiger partial charge in [0.05, 0.1) is 19.3 Å². The standard InChI is InChI=1S/C27H30N4O3/c32-27(25-5-2-8-30-25)31-9-10-33-11-12-34-26-7-6-22(24-16-28-19-29-17-24)15-23(26)14-20-3-1-4-21(13-20)18-31/h1,3-4,6-7,13,15-17,19,25,30H,2,5,8-12,14,18H2/t25-/m0/s1. The van der Waals surface area contributed by atoms with E-state index in [4.69, 9.17) is 9.47 Å². The van der Waals surface area contributed by atoms with Crippen LogP contribution >= 0.6 is 0 Å². The van der Waals surface area contributed by atoms with Crippen LogP contribution in [0.4, 0.5) is 0 Å². The van der Waals surface area contributed by atoms with Gasteiger partial charge in [-0.25, -0.2) is 9.97 Å². The van der Waals surface area contributed by atoms with E-state index in [2.05, 4.69) is 45.6 Å². The molecular formula is C27H30N4O3. The maximum Gasteiger partial charge on any atom is 0.240 e. The van der Waals surface area contributed by atoms with Gasteiger partial charge < -0.3 is 19.7 Å². The zero-order chi connectivity index (χ0) is 23.2. The first-order chi connectivity index (χ1) is 16.8. The monoisotopic (exact) mass is 458 g/mol. The predicted molar refractivity (Wildman–Crippen MR) is 129 cm³/mol. The molecule has 1 N–H and O–H groups in total. The van der Waals surface area contributed by atoms with Gasteiger partial charge in [-0.05, 0) is 53.8 Å². The fourth-order valence-corrected chi connectivity index (χ4v) is 4.63. The summed E-state index contributed by atoms with van der Waals surface area (Å²) in [6.45, 7) is 3.48. The summed E-state index contributed by atoms with van der Waals surface area (Å²) in [5.74, 6) is 1.02. The summed E-state index contributed by atoms with van der Waals surface area (Å²) in [6.07, 6.45) is 7.84. The Morgan fingerprint density at radius 1 is 1.00 bits per heavy atom. The highest BCUT2D eigenvalue weighted by Gasteiger charge is 2.27. The Kier molecular flexibility index (Phi) is 7.12. The molecule has 0 radical (unpaired) electrons. The number of aromatic nitrogens is 2. The summed E-state index contributed by atoms with van der Waals surface area (Å²) in [7, 11) is 0. The minimum atomic E-state index is -0.0855. The number of nitrogens with one attached hydrogen (secondary N) is 1. The van der Waals surface area contributed by atoms with Gasteiger partial charge in [0, 0.05) is 37.5 Å². The lowest BCUT2D eigenvalue weighted by Gasteiger charge is -2.26. The van der Waals surface area contributed by atoms with E-state index >= 15 is 0 Å². The van der Waals surface area contributed by atoms with Crippen LogP contribution in [0.5, 0.6) is 5.75 Å². The molecule has 7 nitrogen and oxygen atoms in total. The Balaban J connectivity index is 1.43. The molecule has 1 atom stereocenters. The second-order valence-corrected chi connectivity index (χ2v) is 8.82. The smallest absolute Gasteiger partial charge is 0.240 e. The SMILES string of the molecule is O=C([C@@H]1CCCN1)N1CCOCCOc2ccc(-c3cncnc3)cc2Cc2cccc(c2)C1. The van der Waals surface area contributed by atoms with Crippen LogP contribution in [0.2, 0.25) is 0 Å². The predicted octanol–water partition coefficient (Wildman–Crippen LogP) is 3.22. The Hall–Kier alpha value is -3.29. The number of carbonyl (C=O) groups excluding carboxylic acids is 1. The fraction of sp³-hybridized carbons (Fsp3) is 0.370. The van der Waals surface area contributed by atoms with Crippen molar-refractivity contribution >= 4 is 5.91 Å². The first kappa shape index (κ1) is 22.5. The van der Waals surface area contributed by atoms with E-state index < -0.39 is 0 Å². The van der Waals surface area contributed by atoms with Gasteiger partial charge in [0.1, 0.15) is 18.7 Å². The van der Waals surface area contributed by atoms with Gasteiger partial charge in [-0.2, -0.15) is 0 Å². The quantitative estimate of drug-likeness (QED) is 0.636. The van der Waals surface area contributed by atoms with Gasteiger partial charge in [-0.15, -0.1) is 0 Å². The minimum Gasteiger partial charge on any atom is -0.491 e. The highest BCUT2D eigenvalue weighted by molar-refractivity contribution is 5.82. The van der Waals surface area contributed by atoms with Crippen molar-refractivity contribution in [1.82, 2.24) is 20.2 Å². The Bertz CT molecular complexity index is 1120. The second-order valence-electron chi connectivity index (χ2n) is 8.82. The molecule has 2 bridgehead atoms. The van der Waals surface area contributed by atoms with Gasteiger partial charge in [0.15, 0.2) is 0 Å². The highest BCUT2D eigenvalue weighted by atomic mass is 16.5. The van der Waals surface area contributed by atoms with Gasteiger partial charge in [-0.3, -0.25) is 4.79 Å². The van der Waals surface area contributed by atoms with Crippen molar-refractivity contribution in [1.29, 1.82) is 0 Å². The van der Waals surface area contributed by atoms with Crippen molar-refractivity contribution in [3.8, 4) is 16.9 Å². The minimum absolute atomic E-state index is 0.0855. The van der Waals surface area contributed by atoms with Gasteiger partial charge in [0.2, 0.25) is 5.91 Å². The van der Waals surface area contributed by atoms with Crippen LogP contribution < -0.4 is 10.1 Å². The van der Waals surface area contributed by atoms with E-state index in [1.54, 1.807) is 0 Å². The molecule has 0 spiro atoms. The summed E-state index contributed by atoms with van der Waals surface area (Å²) in [4.78, 5) is 23.4. The molecule has 2 aliphatic heterocycles. The molecule has 3 heterocycles. The number of fused-ring (bicyclic) bond motifs is 3. The molecule has 2 aliphatic rings. The normalized spacial score (nSPS) is 19.1. The van der Waals surface area contributed by atoms with E-state index in [0.29, 0.717) is 32.9 Å². The zero-order valence-corrected chi connectivity index (χ0v) is 19.3. The fourth-order valence-electron chi connectivity index (χ4n) is 4.63. The largest absolute Gasteiger partial charge is 0.491 e. The number of rotatable bonds is 2. The van der Waals surface area contributed by atoms with Gasteiger partial charge >= 0.3 is 0 Å². The van der Waals surface area contributed by atoms with Crippen LogP contribution in [0.1, 0.15) is 29.5 Å². The molecule has 176 valence electrons. The molecule has 1 amide bonds. The van der Waals surface area contributed by atoms with E-state index in [1.165, 1.54) is 11.9 Å². The molecule has 0 aliphatic carbocycles. The van der Waals surface area contributed by atoms with Crippen LogP contribution in [0, 0.1) is 0 Å². The topological polar surface area (TPSA) is 76.6 Å². The number of benzene rings is 2. The third-order valence-electron chi connectivity index (χ3n) is 6.37. The molecule has 1 aromatic heterocycles. The lowest BCUT2D eigenvalue weighted by molar-refractivity contribution is -0.134. The molecular weight excluding hydrogens is 428 g/mol. The number of carbonyl (C=O) groups is 1. The summed E-state index contributed by atoms with van der Waals surface area (Å²) in [5.41, 5.74) is 5.42. The average Bonchev–Trinajstić information content (AvgIpc) is 3.41. The molecule has 5 rings (SSSR count). The first-order valence-electron chi connectivity index (χ1n) is 11.9. The van der Waals surface area contributed by atoms with Crippen LogP contribution in [-0.4, -0.2) is 59.7 Å². The first-order valence-corrected chi connectivity index (χ1v) is 11.9. The molecule has 1 saturated heterocycles. The van der Waals surface area contributed by atoms with Crippen LogP contribution in [0.15, 0.2) is 61.2 Å². The molecule has 1 fully saturated rings. The Morgan fingerprint density at radius 2 is 1.88 bits per heavy atom. The number of nitrogens with zero attached hydrogens (tertiary/aromatic N) is 3. The summed E-state index contributed by atoms with van der Waals surface area (Å²) >= 11 is 0. The maximum atomic E-state index is 13.1. The summed E-state index contributed by atoms with van der Waals surface area (Å²) in [5, 5.41) is 3.33. The molecule has 0 saturated carbocycles. The van der Waals surface area contributed by atoms with Crippen molar-refractivity contribution in [3.05, 3.63) is 77.9 Å². The Morgan fingerprint density at radius 3 is 2.74 bits per heavy atom. The molecule has 7 heteroatoms. The van der Waals surface area contributed by atoms with Crippen molar-refractivity contribution in [2.75, 3.05) is 32.9 Å². The van der Waals surface area contributed by atoms with Crippen molar-refractivity contribution in [3.63, 3.8) is 0 Å². The molecule has 0 unspecified atom stereocenters. The van der Waals surface area contributed by atoms with E-state index in [0.717, 1.165) is 53.8 Å². The number of hydrogen-bond donors (Lipinski definition) is 1. The van der Waals surface area contributed by atoms with Gasteiger partial charge in [-0.1, -0.05) is 30.3 Å².